The molecule has 1 heterocycles. The molecule has 1 rings (SSSR count). The molecule has 0 aliphatic heterocycles. The summed E-state index contributed by atoms with van der Waals surface area (Å²) >= 11 is 1.30. The minimum atomic E-state index is 0.520. The Morgan fingerprint density at radius 2 is 2.33 bits per heavy atom. The van der Waals surface area contributed by atoms with Gasteiger partial charge < -0.3 is 0 Å². The van der Waals surface area contributed by atoms with Crippen LogP contribution in [0.5, 0.6) is 0 Å². The van der Waals surface area contributed by atoms with Gasteiger partial charge in [-0.2, -0.15) is 4.37 Å². The van der Waals surface area contributed by atoms with E-state index in [4.69, 9.17) is 4.84 Å². The smallest absolute Gasteiger partial charge is 0.226 e. The van der Waals surface area contributed by atoms with Crippen LogP contribution in [0.4, 0.5) is 5.13 Å². The molecule has 0 radical (unpaired) electrons. The average molecular weight is 187 g/mol. The predicted molar refractivity (Wildman–Crippen MR) is 49.1 cm³/mol. The summed E-state index contributed by atoms with van der Waals surface area (Å²) in [7, 11) is 0. The Morgan fingerprint density at radius 1 is 1.58 bits per heavy atom. The molecule has 0 unspecified atom stereocenters. The Morgan fingerprint density at radius 3 is 2.83 bits per heavy atom. The molecule has 1 aromatic heterocycles. The quantitative estimate of drug-likeness (QED) is 0.731. The third-order valence-corrected chi connectivity index (χ3v) is 1.81. The van der Waals surface area contributed by atoms with Gasteiger partial charge in [0.15, 0.2) is 0 Å². The third-order valence-electron chi connectivity index (χ3n) is 1.10. The second-order valence-electron chi connectivity index (χ2n) is 2.95. The van der Waals surface area contributed by atoms with Gasteiger partial charge in [0, 0.05) is 11.5 Å². The fraction of sp³-hybridized carbons (Fsp3) is 0.714. The monoisotopic (exact) mass is 187 g/mol. The lowest BCUT2D eigenvalue weighted by Gasteiger charge is -2.04. The molecular formula is C7H13N3OS. The first-order valence-corrected chi connectivity index (χ1v) is 4.64. The van der Waals surface area contributed by atoms with Crippen LogP contribution in [0, 0.1) is 12.8 Å². The zero-order chi connectivity index (χ0) is 8.97. The van der Waals surface area contributed by atoms with E-state index in [2.05, 4.69) is 28.7 Å². The number of hydrogen-bond acceptors (Lipinski definition) is 5. The van der Waals surface area contributed by atoms with Crippen LogP contribution in [0.2, 0.25) is 0 Å². The first-order valence-electron chi connectivity index (χ1n) is 3.86. The molecular weight excluding hydrogens is 174 g/mol. The number of anilines is 1. The van der Waals surface area contributed by atoms with Crippen LogP contribution in [0.1, 0.15) is 19.7 Å². The molecule has 5 heteroatoms. The standard InChI is InChI=1S/C7H13N3OS/c1-5(2)4-11-9-7-8-6(3)10-12-7/h5H,4H2,1-3H3,(H,8,9,10). The summed E-state index contributed by atoms with van der Waals surface area (Å²) in [4.78, 5) is 9.23. The molecule has 0 aromatic carbocycles. The lowest BCUT2D eigenvalue weighted by molar-refractivity contribution is 0.163. The van der Waals surface area contributed by atoms with E-state index in [1.165, 1.54) is 11.5 Å². The van der Waals surface area contributed by atoms with E-state index in [9.17, 15) is 0 Å². The molecule has 0 saturated heterocycles. The SMILES string of the molecule is Cc1nsc(NOCC(C)C)n1. The molecule has 0 fully saturated rings. The van der Waals surface area contributed by atoms with E-state index in [1.54, 1.807) is 0 Å². The maximum atomic E-state index is 5.15. The molecule has 68 valence electrons. The highest BCUT2D eigenvalue weighted by Crippen LogP contribution is 2.09. The van der Waals surface area contributed by atoms with Gasteiger partial charge in [-0.25, -0.2) is 10.5 Å². The summed E-state index contributed by atoms with van der Waals surface area (Å²) in [5, 5.41) is 0.716. The van der Waals surface area contributed by atoms with Gasteiger partial charge >= 0.3 is 0 Å². The number of rotatable bonds is 4. The van der Waals surface area contributed by atoms with Crippen LogP contribution in [0.3, 0.4) is 0 Å². The second-order valence-corrected chi connectivity index (χ2v) is 3.71. The largest absolute Gasteiger partial charge is 0.274 e. The second kappa shape index (κ2) is 4.37. The highest BCUT2D eigenvalue weighted by atomic mass is 32.1. The fourth-order valence-electron chi connectivity index (χ4n) is 0.609. The Bertz CT molecular complexity index is 236. The third kappa shape index (κ3) is 3.15. The highest BCUT2D eigenvalue weighted by Gasteiger charge is 1.99. The van der Waals surface area contributed by atoms with Crippen LogP contribution < -0.4 is 5.48 Å². The van der Waals surface area contributed by atoms with Gasteiger partial charge in [0.2, 0.25) is 5.13 Å². The minimum Gasteiger partial charge on any atom is -0.274 e. The maximum Gasteiger partial charge on any atom is 0.226 e. The van der Waals surface area contributed by atoms with Gasteiger partial charge in [0.25, 0.3) is 0 Å². The van der Waals surface area contributed by atoms with E-state index in [-0.39, 0.29) is 0 Å². The fourth-order valence-corrected chi connectivity index (χ4v) is 1.14. The van der Waals surface area contributed by atoms with Crippen LogP contribution in [0.25, 0.3) is 0 Å². The average Bonchev–Trinajstić information content (AvgIpc) is 2.35. The lowest BCUT2D eigenvalue weighted by atomic mass is 10.2. The number of nitrogens with zero attached hydrogens (tertiary/aromatic N) is 2. The van der Waals surface area contributed by atoms with E-state index < -0.39 is 0 Å². The van der Waals surface area contributed by atoms with Gasteiger partial charge in [-0.05, 0) is 12.8 Å². The summed E-state index contributed by atoms with van der Waals surface area (Å²) in [6, 6.07) is 0. The van der Waals surface area contributed by atoms with E-state index in [1.807, 2.05) is 6.92 Å². The molecule has 0 spiro atoms. The van der Waals surface area contributed by atoms with Crippen molar-refractivity contribution in [2.45, 2.75) is 20.8 Å². The summed E-state index contributed by atoms with van der Waals surface area (Å²) in [5.74, 6) is 1.29. The molecule has 1 N–H and O–H groups in total. The van der Waals surface area contributed by atoms with Crippen molar-refractivity contribution in [2.75, 3.05) is 12.1 Å². The van der Waals surface area contributed by atoms with Crippen molar-refractivity contribution in [3.63, 3.8) is 0 Å². The van der Waals surface area contributed by atoms with Crippen molar-refractivity contribution in [3.05, 3.63) is 5.82 Å². The zero-order valence-electron chi connectivity index (χ0n) is 7.50. The molecule has 0 saturated carbocycles. The number of aryl methyl sites for hydroxylation is 1. The van der Waals surface area contributed by atoms with Crippen molar-refractivity contribution in [2.24, 2.45) is 5.92 Å². The van der Waals surface area contributed by atoms with Crippen molar-refractivity contribution in [3.8, 4) is 0 Å². The summed E-state index contributed by atoms with van der Waals surface area (Å²) in [6.45, 7) is 6.71. The van der Waals surface area contributed by atoms with Crippen molar-refractivity contribution < 1.29 is 4.84 Å². The van der Waals surface area contributed by atoms with Crippen molar-refractivity contribution in [1.82, 2.24) is 9.36 Å². The van der Waals surface area contributed by atoms with Gasteiger partial charge in [-0.1, -0.05) is 13.8 Å². The maximum absolute atomic E-state index is 5.15. The molecule has 1 aromatic rings. The van der Waals surface area contributed by atoms with Crippen LogP contribution in [-0.2, 0) is 4.84 Å². The molecule has 0 aliphatic rings. The zero-order valence-corrected chi connectivity index (χ0v) is 8.31. The Kier molecular flexibility index (Phi) is 3.43. The molecule has 4 nitrogen and oxygen atoms in total. The van der Waals surface area contributed by atoms with Gasteiger partial charge in [0.05, 0.1) is 6.61 Å². The van der Waals surface area contributed by atoms with Crippen LogP contribution in [0.15, 0.2) is 0 Å². The Hall–Kier alpha value is -0.680. The van der Waals surface area contributed by atoms with Crippen molar-refractivity contribution in [1.29, 1.82) is 0 Å². The Balaban J connectivity index is 2.24. The van der Waals surface area contributed by atoms with E-state index in [0.717, 1.165) is 5.82 Å². The normalized spacial score (nSPS) is 10.7. The van der Waals surface area contributed by atoms with Crippen molar-refractivity contribution >= 4 is 16.7 Å². The molecule has 0 amide bonds. The van der Waals surface area contributed by atoms with Crippen LogP contribution >= 0.6 is 11.5 Å². The predicted octanol–water partition coefficient (Wildman–Crippen LogP) is 1.85. The van der Waals surface area contributed by atoms with Gasteiger partial charge in [-0.15, -0.1) is 0 Å². The minimum absolute atomic E-state index is 0.520. The molecule has 12 heavy (non-hydrogen) atoms. The number of nitrogens with one attached hydrogen (secondary N) is 1. The summed E-state index contributed by atoms with van der Waals surface area (Å²) in [5.41, 5.74) is 2.74. The van der Waals surface area contributed by atoms with Gasteiger partial charge in [0.1, 0.15) is 5.82 Å². The molecule has 0 atom stereocenters. The number of aromatic nitrogens is 2. The summed E-state index contributed by atoms with van der Waals surface area (Å²) < 4.78 is 4.00. The number of hydrogen-bond donors (Lipinski definition) is 1. The summed E-state index contributed by atoms with van der Waals surface area (Å²) in [6.07, 6.45) is 0. The van der Waals surface area contributed by atoms with E-state index >= 15 is 0 Å². The first-order chi connectivity index (χ1) is 5.68. The lowest BCUT2D eigenvalue weighted by Crippen LogP contribution is -2.07. The molecule has 0 bridgehead atoms. The van der Waals surface area contributed by atoms with E-state index in [0.29, 0.717) is 17.7 Å². The highest BCUT2D eigenvalue weighted by molar-refractivity contribution is 7.09. The topological polar surface area (TPSA) is 47.0 Å². The Labute approximate surface area is 76.1 Å². The first kappa shape index (κ1) is 9.41. The molecule has 0 aliphatic carbocycles. The van der Waals surface area contributed by atoms with Gasteiger partial charge in [-0.3, -0.25) is 4.84 Å². The van der Waals surface area contributed by atoms with Crippen LogP contribution in [-0.4, -0.2) is 16.0 Å².